The summed E-state index contributed by atoms with van der Waals surface area (Å²) in [4.78, 5) is 2.44. The number of rotatable bonds is 5. The van der Waals surface area contributed by atoms with Crippen molar-refractivity contribution >= 4 is 0 Å². The first-order valence-electron chi connectivity index (χ1n) is 7.27. The minimum Gasteiger partial charge on any atom is -0.316 e. The van der Waals surface area contributed by atoms with Gasteiger partial charge in [-0.05, 0) is 44.0 Å². The van der Waals surface area contributed by atoms with E-state index in [1.54, 1.807) is 6.07 Å². The summed E-state index contributed by atoms with van der Waals surface area (Å²) in [7, 11) is 1.91. The Bertz CT molecular complexity index is 417. The van der Waals surface area contributed by atoms with Crippen LogP contribution in [-0.2, 0) is 13.1 Å². The van der Waals surface area contributed by atoms with Crippen LogP contribution in [0.5, 0.6) is 0 Å². The molecule has 1 aromatic rings. The molecule has 1 saturated heterocycles. The van der Waals surface area contributed by atoms with Crippen molar-refractivity contribution in [3.8, 4) is 0 Å². The van der Waals surface area contributed by atoms with Gasteiger partial charge in [-0.3, -0.25) is 4.90 Å². The van der Waals surface area contributed by atoms with E-state index < -0.39 is 0 Å². The summed E-state index contributed by atoms with van der Waals surface area (Å²) in [5.41, 5.74) is 1.99. The second kappa shape index (κ2) is 6.49. The first kappa shape index (κ1) is 14.5. The summed E-state index contributed by atoms with van der Waals surface area (Å²) >= 11 is 0. The highest BCUT2D eigenvalue weighted by Crippen LogP contribution is 2.26. The largest absolute Gasteiger partial charge is 0.316 e. The smallest absolute Gasteiger partial charge is 0.127 e. The van der Waals surface area contributed by atoms with Gasteiger partial charge in [-0.2, -0.15) is 0 Å². The fourth-order valence-electron chi connectivity index (χ4n) is 3.09. The molecule has 1 aromatic carbocycles. The molecule has 0 aliphatic carbocycles. The fourth-order valence-corrected chi connectivity index (χ4v) is 3.09. The van der Waals surface area contributed by atoms with E-state index in [1.807, 2.05) is 19.2 Å². The standard InChI is InChI=1S/C16H25FN2/c1-12(2)16-5-4-8-19(16)11-14-9-13(10-18-3)6-7-15(14)17/h6-7,9,12,16,18H,4-5,8,10-11H2,1-3H3. The third kappa shape index (κ3) is 3.54. The van der Waals surface area contributed by atoms with Gasteiger partial charge in [0.2, 0.25) is 0 Å². The van der Waals surface area contributed by atoms with Crippen LogP contribution in [-0.4, -0.2) is 24.5 Å². The van der Waals surface area contributed by atoms with Crippen molar-refractivity contribution in [1.82, 2.24) is 10.2 Å². The Labute approximate surface area is 116 Å². The Morgan fingerprint density at radius 2 is 2.21 bits per heavy atom. The van der Waals surface area contributed by atoms with Crippen LogP contribution in [0.1, 0.15) is 37.8 Å². The first-order valence-corrected chi connectivity index (χ1v) is 7.27. The number of benzene rings is 1. The quantitative estimate of drug-likeness (QED) is 0.879. The molecular formula is C16H25FN2. The average Bonchev–Trinajstić information content (AvgIpc) is 2.82. The molecule has 2 rings (SSSR count). The van der Waals surface area contributed by atoms with Crippen LogP contribution in [0.4, 0.5) is 4.39 Å². The number of nitrogens with zero attached hydrogens (tertiary/aromatic N) is 1. The van der Waals surface area contributed by atoms with Gasteiger partial charge in [-0.1, -0.05) is 26.0 Å². The third-order valence-electron chi connectivity index (χ3n) is 4.05. The van der Waals surface area contributed by atoms with Crippen LogP contribution in [0.3, 0.4) is 0 Å². The van der Waals surface area contributed by atoms with E-state index in [-0.39, 0.29) is 5.82 Å². The Morgan fingerprint density at radius 1 is 1.42 bits per heavy atom. The molecule has 0 spiro atoms. The lowest BCUT2D eigenvalue weighted by Crippen LogP contribution is -2.33. The summed E-state index contributed by atoms with van der Waals surface area (Å²) in [6.07, 6.45) is 2.48. The summed E-state index contributed by atoms with van der Waals surface area (Å²) in [6, 6.07) is 6.07. The molecule has 106 valence electrons. The SMILES string of the molecule is CNCc1ccc(F)c(CN2CCCC2C(C)C)c1. The van der Waals surface area contributed by atoms with Gasteiger partial charge in [-0.15, -0.1) is 0 Å². The number of likely N-dealkylation sites (tertiary alicyclic amines) is 1. The maximum atomic E-state index is 13.9. The zero-order chi connectivity index (χ0) is 13.8. The predicted molar refractivity (Wildman–Crippen MR) is 77.4 cm³/mol. The zero-order valence-corrected chi connectivity index (χ0v) is 12.2. The lowest BCUT2D eigenvalue weighted by atomic mass is 10.0. The Kier molecular flexibility index (Phi) is 4.94. The van der Waals surface area contributed by atoms with Crippen LogP contribution in [0.2, 0.25) is 0 Å². The molecule has 1 unspecified atom stereocenters. The average molecular weight is 264 g/mol. The zero-order valence-electron chi connectivity index (χ0n) is 12.2. The second-order valence-electron chi connectivity index (χ2n) is 5.88. The van der Waals surface area contributed by atoms with Crippen LogP contribution >= 0.6 is 0 Å². The maximum Gasteiger partial charge on any atom is 0.127 e. The molecule has 0 aromatic heterocycles. The topological polar surface area (TPSA) is 15.3 Å². The van der Waals surface area contributed by atoms with Crippen LogP contribution in [0.25, 0.3) is 0 Å². The van der Waals surface area contributed by atoms with Gasteiger partial charge in [-0.25, -0.2) is 4.39 Å². The molecule has 2 nitrogen and oxygen atoms in total. The Balaban J connectivity index is 2.11. The molecule has 3 heteroatoms. The predicted octanol–water partition coefficient (Wildman–Crippen LogP) is 3.17. The van der Waals surface area contributed by atoms with Gasteiger partial charge < -0.3 is 5.32 Å². The number of hydrogen-bond donors (Lipinski definition) is 1. The van der Waals surface area contributed by atoms with E-state index in [1.165, 1.54) is 12.8 Å². The van der Waals surface area contributed by atoms with E-state index in [9.17, 15) is 4.39 Å². The second-order valence-corrected chi connectivity index (χ2v) is 5.88. The van der Waals surface area contributed by atoms with E-state index in [4.69, 9.17) is 0 Å². The van der Waals surface area contributed by atoms with Crippen LogP contribution < -0.4 is 5.32 Å². The molecule has 1 N–H and O–H groups in total. The van der Waals surface area contributed by atoms with Crippen LogP contribution in [0, 0.1) is 11.7 Å². The third-order valence-corrected chi connectivity index (χ3v) is 4.05. The number of halogens is 1. The fraction of sp³-hybridized carbons (Fsp3) is 0.625. The van der Waals surface area contributed by atoms with Crippen molar-refractivity contribution < 1.29 is 4.39 Å². The molecule has 0 amide bonds. The van der Waals surface area contributed by atoms with Gasteiger partial charge in [0, 0.05) is 24.7 Å². The van der Waals surface area contributed by atoms with Crippen molar-refractivity contribution in [1.29, 1.82) is 0 Å². The highest BCUT2D eigenvalue weighted by molar-refractivity contribution is 5.25. The van der Waals surface area contributed by atoms with Crippen molar-refractivity contribution in [3.63, 3.8) is 0 Å². The summed E-state index contributed by atoms with van der Waals surface area (Å²) in [6.45, 7) is 7.15. The Morgan fingerprint density at radius 3 is 2.89 bits per heavy atom. The molecule has 1 aliphatic heterocycles. The molecule has 0 saturated carbocycles. The normalized spacial score (nSPS) is 20.4. The van der Waals surface area contributed by atoms with Gasteiger partial charge in [0.15, 0.2) is 0 Å². The lowest BCUT2D eigenvalue weighted by Gasteiger charge is -2.27. The minimum atomic E-state index is -0.0748. The van der Waals surface area contributed by atoms with Crippen molar-refractivity contribution in [2.75, 3.05) is 13.6 Å². The van der Waals surface area contributed by atoms with Crippen molar-refractivity contribution in [3.05, 3.63) is 35.1 Å². The maximum absolute atomic E-state index is 13.9. The first-order chi connectivity index (χ1) is 9.11. The summed E-state index contributed by atoms with van der Waals surface area (Å²) in [5.74, 6) is 0.570. The molecule has 1 heterocycles. The van der Waals surface area contributed by atoms with Gasteiger partial charge in [0.1, 0.15) is 5.82 Å². The number of hydrogen-bond acceptors (Lipinski definition) is 2. The molecule has 0 radical (unpaired) electrons. The molecule has 19 heavy (non-hydrogen) atoms. The monoisotopic (exact) mass is 264 g/mol. The van der Waals surface area contributed by atoms with Crippen molar-refractivity contribution in [2.45, 2.75) is 45.8 Å². The van der Waals surface area contributed by atoms with E-state index in [0.29, 0.717) is 12.0 Å². The van der Waals surface area contributed by atoms with Gasteiger partial charge in [0.25, 0.3) is 0 Å². The van der Waals surface area contributed by atoms with E-state index >= 15 is 0 Å². The van der Waals surface area contributed by atoms with E-state index in [2.05, 4.69) is 24.1 Å². The van der Waals surface area contributed by atoms with Crippen LogP contribution in [0.15, 0.2) is 18.2 Å². The van der Waals surface area contributed by atoms with Crippen molar-refractivity contribution in [2.24, 2.45) is 5.92 Å². The van der Waals surface area contributed by atoms with Gasteiger partial charge >= 0.3 is 0 Å². The van der Waals surface area contributed by atoms with E-state index in [0.717, 1.165) is 30.8 Å². The minimum absolute atomic E-state index is 0.0748. The number of nitrogens with one attached hydrogen (secondary N) is 1. The molecule has 1 aliphatic rings. The summed E-state index contributed by atoms with van der Waals surface area (Å²) in [5, 5.41) is 3.12. The molecule has 1 fully saturated rings. The van der Waals surface area contributed by atoms with Gasteiger partial charge in [0.05, 0.1) is 0 Å². The highest BCUT2D eigenvalue weighted by atomic mass is 19.1. The molecular weight excluding hydrogens is 239 g/mol. The molecule has 0 bridgehead atoms. The Hall–Kier alpha value is -0.930. The summed E-state index contributed by atoms with van der Waals surface area (Å²) < 4.78 is 13.9. The lowest BCUT2D eigenvalue weighted by molar-refractivity contribution is 0.196. The molecule has 1 atom stereocenters. The highest BCUT2D eigenvalue weighted by Gasteiger charge is 2.27.